The van der Waals surface area contributed by atoms with Crippen LogP contribution in [-0.2, 0) is 16.0 Å². The van der Waals surface area contributed by atoms with Crippen LogP contribution in [0.15, 0.2) is 29.5 Å². The number of nitrogens with zero attached hydrogens (tertiary/aromatic N) is 5. The third kappa shape index (κ3) is 7.59. The van der Waals surface area contributed by atoms with Crippen molar-refractivity contribution in [2.45, 2.75) is 20.3 Å². The molecule has 1 aliphatic rings. The van der Waals surface area contributed by atoms with E-state index in [2.05, 4.69) is 50.9 Å². The molecule has 3 rings (SSSR count). The summed E-state index contributed by atoms with van der Waals surface area (Å²) in [6, 6.07) is 4.12. The van der Waals surface area contributed by atoms with Crippen molar-refractivity contribution in [1.29, 1.82) is 0 Å². The largest absolute Gasteiger partial charge is 0.383 e. The summed E-state index contributed by atoms with van der Waals surface area (Å²) < 4.78 is 7.04. The van der Waals surface area contributed by atoms with Crippen LogP contribution in [0, 0.1) is 6.92 Å². The van der Waals surface area contributed by atoms with Crippen LogP contribution < -0.4 is 10.6 Å². The van der Waals surface area contributed by atoms with E-state index in [0.717, 1.165) is 56.4 Å². The highest BCUT2D eigenvalue weighted by molar-refractivity contribution is 14.0. The Morgan fingerprint density at radius 2 is 2.03 bits per heavy atom. The number of carbonyl (C=O) groups excluding carboxylic acids is 1. The number of halogens is 1. The number of amides is 1. The molecule has 3 heterocycles. The van der Waals surface area contributed by atoms with Gasteiger partial charge in [0.15, 0.2) is 5.96 Å². The van der Waals surface area contributed by atoms with Gasteiger partial charge in [0, 0.05) is 71.7 Å². The Balaban J connectivity index is 0.00000363. The Bertz CT molecular complexity index is 878. The van der Waals surface area contributed by atoms with Crippen molar-refractivity contribution in [3.05, 3.63) is 35.8 Å². The van der Waals surface area contributed by atoms with Crippen LogP contribution in [0.4, 0.5) is 0 Å². The Hall–Kier alpha value is -1.92. The van der Waals surface area contributed by atoms with Gasteiger partial charge in [-0.2, -0.15) is 0 Å². The van der Waals surface area contributed by atoms with Gasteiger partial charge in [0.2, 0.25) is 5.91 Å². The minimum Gasteiger partial charge on any atom is -0.383 e. The minimum atomic E-state index is 0. The summed E-state index contributed by atoms with van der Waals surface area (Å²) >= 11 is 0. The summed E-state index contributed by atoms with van der Waals surface area (Å²) in [5, 5.41) is 6.28. The van der Waals surface area contributed by atoms with E-state index in [1.54, 1.807) is 7.11 Å². The SMILES string of the molecule is CCNC(=NCCc1cn2cccc(C)c2n1)N1CCN(CC(=O)NCCOC)CC1.I. The molecule has 9 nitrogen and oxygen atoms in total. The van der Waals surface area contributed by atoms with Gasteiger partial charge in [0.1, 0.15) is 5.65 Å². The molecule has 2 N–H and O–H groups in total. The summed E-state index contributed by atoms with van der Waals surface area (Å²) in [7, 11) is 1.63. The maximum atomic E-state index is 12.0. The molecule has 0 radical (unpaired) electrons. The Morgan fingerprint density at radius 1 is 1.25 bits per heavy atom. The number of aromatic nitrogens is 2. The summed E-state index contributed by atoms with van der Waals surface area (Å²) in [6.45, 7) is 10.6. The standard InChI is InChI=1S/C22H35N7O2.HI/c1-4-23-22(25-8-7-19-16-29-10-5-6-18(2)21(29)26-19)28-13-11-27(12-14-28)17-20(30)24-9-15-31-3;/h5-6,10,16H,4,7-9,11-15,17H2,1-3H3,(H,23,25)(H,24,30);1H. The number of pyridine rings is 1. The maximum Gasteiger partial charge on any atom is 0.234 e. The molecule has 1 saturated heterocycles. The van der Waals surface area contributed by atoms with Crippen molar-refractivity contribution < 1.29 is 9.53 Å². The van der Waals surface area contributed by atoms with E-state index in [0.29, 0.717) is 26.2 Å². The highest BCUT2D eigenvalue weighted by Gasteiger charge is 2.21. The number of nitrogens with one attached hydrogen (secondary N) is 2. The zero-order valence-corrected chi connectivity index (χ0v) is 21.7. The topological polar surface area (TPSA) is 86.5 Å². The monoisotopic (exact) mass is 557 g/mol. The lowest BCUT2D eigenvalue weighted by molar-refractivity contribution is -0.122. The van der Waals surface area contributed by atoms with Crippen LogP contribution in [0.3, 0.4) is 0 Å². The van der Waals surface area contributed by atoms with Crippen LogP contribution >= 0.6 is 24.0 Å². The second kappa shape index (κ2) is 13.6. The zero-order chi connectivity index (χ0) is 22.1. The molecule has 0 spiro atoms. The van der Waals surface area contributed by atoms with E-state index >= 15 is 0 Å². The normalized spacial score (nSPS) is 15.0. The first-order valence-electron chi connectivity index (χ1n) is 11.0. The van der Waals surface area contributed by atoms with Gasteiger partial charge in [-0.15, -0.1) is 24.0 Å². The Morgan fingerprint density at radius 3 is 2.72 bits per heavy atom. The molecule has 0 aromatic carbocycles. The molecule has 32 heavy (non-hydrogen) atoms. The first kappa shape index (κ1) is 26.3. The number of imidazole rings is 1. The highest BCUT2D eigenvalue weighted by atomic mass is 127. The van der Waals surface area contributed by atoms with Crippen molar-refractivity contribution in [2.75, 3.05) is 66.1 Å². The highest BCUT2D eigenvalue weighted by Crippen LogP contribution is 2.10. The number of guanidine groups is 1. The maximum absolute atomic E-state index is 12.0. The fraction of sp³-hybridized carbons (Fsp3) is 0.591. The average molecular weight is 557 g/mol. The molecule has 0 unspecified atom stereocenters. The lowest BCUT2D eigenvalue weighted by atomic mass is 10.3. The minimum absolute atomic E-state index is 0. The fourth-order valence-electron chi connectivity index (χ4n) is 3.70. The summed E-state index contributed by atoms with van der Waals surface area (Å²) in [5.41, 5.74) is 3.24. The van der Waals surface area contributed by atoms with Crippen molar-refractivity contribution in [3.63, 3.8) is 0 Å². The summed E-state index contributed by atoms with van der Waals surface area (Å²) in [5.74, 6) is 0.986. The number of fused-ring (bicyclic) bond motifs is 1. The van der Waals surface area contributed by atoms with Gasteiger partial charge >= 0.3 is 0 Å². The zero-order valence-electron chi connectivity index (χ0n) is 19.3. The van der Waals surface area contributed by atoms with Crippen molar-refractivity contribution in [2.24, 2.45) is 4.99 Å². The molecule has 0 aliphatic carbocycles. The van der Waals surface area contributed by atoms with E-state index in [-0.39, 0.29) is 29.9 Å². The molecule has 1 aliphatic heterocycles. The molecular formula is C22H36IN7O2. The van der Waals surface area contributed by atoms with Crippen LogP contribution in [0.5, 0.6) is 0 Å². The number of methoxy groups -OCH3 is 1. The fourth-order valence-corrected chi connectivity index (χ4v) is 3.70. The molecule has 0 saturated carbocycles. The lowest BCUT2D eigenvalue weighted by Crippen LogP contribution is -2.54. The second-order valence-electron chi connectivity index (χ2n) is 7.75. The molecule has 0 bridgehead atoms. The molecule has 2 aromatic heterocycles. The van der Waals surface area contributed by atoms with E-state index in [1.165, 1.54) is 5.56 Å². The molecule has 0 atom stereocenters. The Labute approximate surface area is 207 Å². The molecule has 1 amide bonds. The second-order valence-corrected chi connectivity index (χ2v) is 7.75. The molecular weight excluding hydrogens is 521 g/mol. The smallest absolute Gasteiger partial charge is 0.234 e. The lowest BCUT2D eigenvalue weighted by Gasteiger charge is -2.36. The number of ether oxygens (including phenoxy) is 1. The van der Waals surface area contributed by atoms with Crippen molar-refractivity contribution >= 4 is 41.5 Å². The van der Waals surface area contributed by atoms with Gasteiger partial charge in [-0.1, -0.05) is 6.07 Å². The summed E-state index contributed by atoms with van der Waals surface area (Å²) in [6.07, 6.45) is 4.92. The number of aryl methyl sites for hydroxylation is 1. The van der Waals surface area contributed by atoms with Crippen molar-refractivity contribution in [3.8, 4) is 0 Å². The third-order valence-electron chi connectivity index (χ3n) is 5.36. The van der Waals surface area contributed by atoms with Crippen LogP contribution in [-0.4, -0.2) is 97.1 Å². The van der Waals surface area contributed by atoms with E-state index in [4.69, 9.17) is 14.7 Å². The van der Waals surface area contributed by atoms with E-state index < -0.39 is 0 Å². The van der Waals surface area contributed by atoms with Gasteiger partial charge < -0.3 is 24.7 Å². The number of hydrogen-bond acceptors (Lipinski definition) is 5. The molecule has 1 fully saturated rings. The Kier molecular flexibility index (Phi) is 11.2. The van der Waals surface area contributed by atoms with Gasteiger partial charge in [-0.3, -0.25) is 14.7 Å². The van der Waals surface area contributed by atoms with Crippen LogP contribution in [0.1, 0.15) is 18.2 Å². The van der Waals surface area contributed by atoms with E-state index in [9.17, 15) is 4.79 Å². The predicted octanol–water partition coefficient (Wildman–Crippen LogP) is 1.15. The van der Waals surface area contributed by atoms with Crippen molar-refractivity contribution in [1.82, 2.24) is 29.8 Å². The van der Waals surface area contributed by atoms with Crippen LogP contribution in [0.25, 0.3) is 5.65 Å². The van der Waals surface area contributed by atoms with Gasteiger partial charge in [-0.25, -0.2) is 4.98 Å². The number of piperazine rings is 1. The average Bonchev–Trinajstić information content (AvgIpc) is 3.18. The van der Waals surface area contributed by atoms with Gasteiger partial charge in [0.25, 0.3) is 0 Å². The quantitative estimate of drug-likeness (QED) is 0.208. The number of hydrogen-bond donors (Lipinski definition) is 2. The number of carbonyl (C=O) groups is 1. The number of aliphatic imine (C=N–C) groups is 1. The van der Waals surface area contributed by atoms with Gasteiger partial charge in [0.05, 0.1) is 18.8 Å². The van der Waals surface area contributed by atoms with E-state index in [1.807, 2.05) is 12.3 Å². The molecule has 2 aromatic rings. The first-order chi connectivity index (χ1) is 15.1. The number of rotatable bonds is 9. The molecule has 10 heteroatoms. The predicted molar refractivity (Wildman–Crippen MR) is 138 cm³/mol. The first-order valence-corrected chi connectivity index (χ1v) is 11.0. The molecule has 178 valence electrons. The van der Waals surface area contributed by atoms with Gasteiger partial charge in [-0.05, 0) is 25.5 Å². The summed E-state index contributed by atoms with van der Waals surface area (Å²) in [4.78, 5) is 26.0. The van der Waals surface area contributed by atoms with Crippen LogP contribution in [0.2, 0.25) is 0 Å². The third-order valence-corrected chi connectivity index (χ3v) is 5.36.